The van der Waals surface area contributed by atoms with E-state index in [2.05, 4.69) is 0 Å². The van der Waals surface area contributed by atoms with Crippen LogP contribution in [-0.2, 0) is 0 Å². The molecule has 1 N–H and O–H groups in total. The van der Waals surface area contributed by atoms with Gasteiger partial charge >= 0.3 is 0 Å². The molecule has 0 radical (unpaired) electrons. The number of nitrogens with zero attached hydrogens (tertiary/aromatic N) is 2. The molecule has 0 aromatic heterocycles. The van der Waals surface area contributed by atoms with Crippen molar-refractivity contribution in [3.05, 3.63) is 67.8 Å². The minimum absolute atomic E-state index is 0.0811. The molecule has 0 amide bonds. The molecule has 7 heteroatoms. The molecule has 1 unspecified atom stereocenters. The standard InChI is InChI=1S/C15H12N2O5/c1-8(18)15-11-4-2-9(16(19)20)6-13(11)14-7-10(17(21)22)3-5-12(14)15/h2-8,15,18H,1H3. The van der Waals surface area contributed by atoms with Crippen molar-refractivity contribution in [1.29, 1.82) is 0 Å². The maximum Gasteiger partial charge on any atom is 0.270 e. The minimum Gasteiger partial charge on any atom is -0.392 e. The second-order valence-electron chi connectivity index (χ2n) is 5.28. The monoisotopic (exact) mass is 300 g/mol. The first-order valence-corrected chi connectivity index (χ1v) is 6.65. The summed E-state index contributed by atoms with van der Waals surface area (Å²) < 4.78 is 0. The van der Waals surface area contributed by atoms with Crippen molar-refractivity contribution in [3.8, 4) is 11.1 Å². The number of fused-ring (bicyclic) bond motifs is 3. The second kappa shape index (κ2) is 4.88. The molecule has 1 atom stereocenters. The lowest BCUT2D eigenvalue weighted by Crippen LogP contribution is -2.13. The fourth-order valence-corrected chi connectivity index (χ4v) is 3.01. The van der Waals surface area contributed by atoms with E-state index in [1.807, 2.05) is 0 Å². The van der Waals surface area contributed by atoms with E-state index in [0.29, 0.717) is 11.1 Å². The molecule has 0 saturated heterocycles. The van der Waals surface area contributed by atoms with Crippen LogP contribution >= 0.6 is 0 Å². The van der Waals surface area contributed by atoms with Crippen LogP contribution in [0.3, 0.4) is 0 Å². The number of rotatable bonds is 3. The Morgan fingerprint density at radius 2 is 1.36 bits per heavy atom. The van der Waals surface area contributed by atoms with E-state index in [1.165, 1.54) is 24.3 Å². The molecule has 1 aliphatic rings. The Balaban J connectivity index is 2.27. The van der Waals surface area contributed by atoms with E-state index < -0.39 is 16.0 Å². The quantitative estimate of drug-likeness (QED) is 0.692. The Kier molecular flexibility index (Phi) is 3.14. The Morgan fingerprint density at radius 1 is 0.955 bits per heavy atom. The summed E-state index contributed by atoms with van der Waals surface area (Å²) in [6, 6.07) is 8.79. The van der Waals surface area contributed by atoms with E-state index in [4.69, 9.17) is 0 Å². The maximum absolute atomic E-state index is 11.0. The topological polar surface area (TPSA) is 107 Å². The van der Waals surface area contributed by atoms with Crippen molar-refractivity contribution in [1.82, 2.24) is 0 Å². The summed E-state index contributed by atoms with van der Waals surface area (Å²) >= 11 is 0. The van der Waals surface area contributed by atoms with E-state index >= 15 is 0 Å². The van der Waals surface area contributed by atoms with Crippen LogP contribution < -0.4 is 0 Å². The first kappa shape index (κ1) is 14.2. The summed E-state index contributed by atoms with van der Waals surface area (Å²) in [5, 5.41) is 31.9. The van der Waals surface area contributed by atoms with Crippen molar-refractivity contribution in [2.24, 2.45) is 0 Å². The van der Waals surface area contributed by atoms with Gasteiger partial charge in [0.1, 0.15) is 0 Å². The largest absolute Gasteiger partial charge is 0.392 e. The van der Waals surface area contributed by atoms with E-state index in [-0.39, 0.29) is 17.3 Å². The van der Waals surface area contributed by atoms with Gasteiger partial charge in [0.05, 0.1) is 16.0 Å². The second-order valence-corrected chi connectivity index (χ2v) is 5.28. The van der Waals surface area contributed by atoms with Gasteiger partial charge in [0.2, 0.25) is 0 Å². The number of benzene rings is 2. The first-order valence-electron chi connectivity index (χ1n) is 6.65. The van der Waals surface area contributed by atoms with Gasteiger partial charge in [0.15, 0.2) is 0 Å². The molecule has 0 bridgehead atoms. The summed E-state index contributed by atoms with van der Waals surface area (Å²) in [7, 11) is 0. The van der Waals surface area contributed by atoms with Crippen molar-refractivity contribution in [2.75, 3.05) is 0 Å². The number of non-ortho nitro benzene ring substituents is 2. The minimum atomic E-state index is -0.706. The van der Waals surface area contributed by atoms with Crippen molar-refractivity contribution in [3.63, 3.8) is 0 Å². The summed E-state index contributed by atoms with van der Waals surface area (Å²) in [4.78, 5) is 20.9. The summed E-state index contributed by atoms with van der Waals surface area (Å²) in [5.74, 6) is -0.341. The molecule has 1 aliphatic carbocycles. The smallest absolute Gasteiger partial charge is 0.270 e. The SMILES string of the molecule is CC(O)C1c2ccc([N+](=O)[O-])cc2-c2cc([N+](=O)[O-])ccc21. The lowest BCUT2D eigenvalue weighted by molar-refractivity contribution is -0.385. The molecule has 22 heavy (non-hydrogen) atoms. The summed E-state index contributed by atoms with van der Waals surface area (Å²) in [5.41, 5.74) is 2.47. The zero-order valence-corrected chi connectivity index (χ0v) is 11.6. The molecule has 3 rings (SSSR count). The van der Waals surface area contributed by atoms with Gasteiger partial charge < -0.3 is 5.11 Å². The first-order chi connectivity index (χ1) is 10.4. The van der Waals surface area contributed by atoms with Crippen LogP contribution in [0.2, 0.25) is 0 Å². The number of nitro groups is 2. The van der Waals surface area contributed by atoms with Crippen LogP contribution in [0, 0.1) is 20.2 Å². The Hall–Kier alpha value is -2.80. The van der Waals surface area contributed by atoms with Gasteiger partial charge in [0.25, 0.3) is 11.4 Å². The van der Waals surface area contributed by atoms with Crippen LogP contribution in [0.15, 0.2) is 36.4 Å². The molecule has 2 aromatic rings. The van der Waals surface area contributed by atoms with Crippen molar-refractivity contribution >= 4 is 11.4 Å². The van der Waals surface area contributed by atoms with Gasteiger partial charge in [-0.15, -0.1) is 0 Å². The van der Waals surface area contributed by atoms with E-state index in [9.17, 15) is 25.3 Å². The van der Waals surface area contributed by atoms with Crippen LogP contribution in [-0.4, -0.2) is 21.1 Å². The molecule has 0 aliphatic heterocycles. The van der Waals surface area contributed by atoms with Gasteiger partial charge in [-0.2, -0.15) is 0 Å². The van der Waals surface area contributed by atoms with Crippen molar-refractivity contribution in [2.45, 2.75) is 18.9 Å². The predicted octanol–water partition coefficient (Wildman–Crippen LogP) is 3.00. The van der Waals surface area contributed by atoms with E-state index in [0.717, 1.165) is 11.1 Å². The fourth-order valence-electron chi connectivity index (χ4n) is 3.01. The normalized spacial score (nSPS) is 14.3. The van der Waals surface area contributed by atoms with Crippen molar-refractivity contribution < 1.29 is 15.0 Å². The molecule has 0 spiro atoms. The highest BCUT2D eigenvalue weighted by Crippen LogP contribution is 2.48. The lowest BCUT2D eigenvalue weighted by atomic mass is 9.92. The third kappa shape index (κ3) is 2.03. The number of aliphatic hydroxyl groups is 1. The Morgan fingerprint density at radius 3 is 1.68 bits per heavy atom. The number of nitro benzene ring substituents is 2. The Labute approximate surface area is 125 Å². The highest BCUT2D eigenvalue weighted by atomic mass is 16.6. The van der Waals surface area contributed by atoms with Gasteiger partial charge in [0, 0.05) is 30.2 Å². The molecule has 0 heterocycles. The summed E-state index contributed by atoms with van der Waals surface area (Å²) in [6.45, 7) is 1.63. The predicted molar refractivity (Wildman–Crippen MR) is 78.7 cm³/mol. The number of aliphatic hydroxyl groups excluding tert-OH is 1. The van der Waals surface area contributed by atoms with Crippen LogP contribution in [0.1, 0.15) is 24.0 Å². The maximum atomic E-state index is 11.0. The highest BCUT2D eigenvalue weighted by molar-refractivity contribution is 5.82. The third-order valence-electron chi connectivity index (χ3n) is 3.94. The van der Waals surface area contributed by atoms with Gasteiger partial charge in [-0.25, -0.2) is 0 Å². The third-order valence-corrected chi connectivity index (χ3v) is 3.94. The van der Waals surface area contributed by atoms with Gasteiger partial charge in [-0.3, -0.25) is 20.2 Å². The average Bonchev–Trinajstić information content (AvgIpc) is 2.79. The zero-order chi connectivity index (χ0) is 16.0. The van der Waals surface area contributed by atoms with Crippen LogP contribution in [0.25, 0.3) is 11.1 Å². The molecule has 2 aromatic carbocycles. The number of hydrogen-bond donors (Lipinski definition) is 1. The fraction of sp³-hybridized carbons (Fsp3) is 0.200. The average molecular weight is 300 g/mol. The zero-order valence-electron chi connectivity index (χ0n) is 11.6. The van der Waals surface area contributed by atoms with Crippen LogP contribution in [0.5, 0.6) is 0 Å². The molecule has 7 nitrogen and oxygen atoms in total. The molecule has 0 saturated carbocycles. The van der Waals surface area contributed by atoms with E-state index in [1.54, 1.807) is 19.1 Å². The van der Waals surface area contributed by atoms with Gasteiger partial charge in [-0.05, 0) is 29.2 Å². The lowest BCUT2D eigenvalue weighted by Gasteiger charge is -2.16. The number of hydrogen-bond acceptors (Lipinski definition) is 5. The summed E-state index contributed by atoms with van der Waals surface area (Å²) in [6.07, 6.45) is -0.706. The van der Waals surface area contributed by atoms with Gasteiger partial charge in [-0.1, -0.05) is 12.1 Å². The molecule has 112 valence electrons. The van der Waals surface area contributed by atoms with Crippen LogP contribution in [0.4, 0.5) is 11.4 Å². The molecular weight excluding hydrogens is 288 g/mol. The molecule has 0 fully saturated rings. The highest BCUT2D eigenvalue weighted by Gasteiger charge is 2.34. The Bertz CT molecular complexity index is 737. The molecular formula is C15H12N2O5.